The van der Waals surface area contributed by atoms with E-state index in [0.29, 0.717) is 0 Å². The summed E-state index contributed by atoms with van der Waals surface area (Å²) in [7, 11) is 0. The molecule has 2 atom stereocenters. The Morgan fingerprint density at radius 3 is 3.13 bits per heavy atom. The van der Waals surface area contributed by atoms with Gasteiger partial charge in [-0.05, 0) is 54.1 Å². The molecule has 0 aromatic carbocycles. The summed E-state index contributed by atoms with van der Waals surface area (Å²) >= 11 is 1.80. The number of hydrogen-bond acceptors (Lipinski definition) is 2. The van der Waals surface area contributed by atoms with Gasteiger partial charge in [-0.25, -0.2) is 0 Å². The van der Waals surface area contributed by atoms with E-state index in [1.165, 1.54) is 37.7 Å². The zero-order chi connectivity index (χ0) is 10.5. The first-order valence-electron chi connectivity index (χ1n) is 6.09. The highest BCUT2D eigenvalue weighted by Crippen LogP contribution is 2.23. The van der Waals surface area contributed by atoms with E-state index < -0.39 is 0 Å². The van der Waals surface area contributed by atoms with Crippen molar-refractivity contribution in [1.29, 1.82) is 0 Å². The standard InChI is InChI=1S/C13H21NS/c1-11-3-2-4-13(9-11)14-7-5-12-6-8-15-10-12/h6,8,10-11,13-14H,2-5,7,9H2,1H3. The van der Waals surface area contributed by atoms with Crippen molar-refractivity contribution in [3.63, 3.8) is 0 Å². The van der Waals surface area contributed by atoms with Crippen LogP contribution in [0.5, 0.6) is 0 Å². The Labute approximate surface area is 96.9 Å². The van der Waals surface area contributed by atoms with Crippen molar-refractivity contribution < 1.29 is 0 Å². The Hall–Kier alpha value is -0.340. The zero-order valence-electron chi connectivity index (χ0n) is 9.54. The van der Waals surface area contributed by atoms with Crippen molar-refractivity contribution in [2.24, 2.45) is 5.92 Å². The Morgan fingerprint density at radius 1 is 1.47 bits per heavy atom. The number of hydrogen-bond donors (Lipinski definition) is 1. The maximum Gasteiger partial charge on any atom is 0.00697 e. The molecule has 0 radical (unpaired) electrons. The third-order valence-corrected chi connectivity index (χ3v) is 4.10. The van der Waals surface area contributed by atoms with Crippen LogP contribution in [0.15, 0.2) is 16.8 Å². The molecule has 2 unspecified atom stereocenters. The highest BCUT2D eigenvalue weighted by molar-refractivity contribution is 7.07. The van der Waals surface area contributed by atoms with Gasteiger partial charge in [-0.3, -0.25) is 0 Å². The third-order valence-electron chi connectivity index (χ3n) is 3.36. The van der Waals surface area contributed by atoms with Crippen molar-refractivity contribution in [3.05, 3.63) is 22.4 Å². The predicted octanol–water partition coefficient (Wildman–Crippen LogP) is 3.46. The lowest BCUT2D eigenvalue weighted by molar-refractivity contribution is 0.303. The highest BCUT2D eigenvalue weighted by atomic mass is 32.1. The van der Waals surface area contributed by atoms with Crippen molar-refractivity contribution in [2.75, 3.05) is 6.54 Å². The van der Waals surface area contributed by atoms with Gasteiger partial charge in [0.1, 0.15) is 0 Å². The molecule has 84 valence electrons. The second-order valence-electron chi connectivity index (χ2n) is 4.80. The summed E-state index contributed by atoms with van der Waals surface area (Å²) < 4.78 is 0. The van der Waals surface area contributed by atoms with Crippen LogP contribution in [0, 0.1) is 5.92 Å². The molecule has 1 N–H and O–H groups in total. The highest BCUT2D eigenvalue weighted by Gasteiger charge is 2.17. The maximum atomic E-state index is 3.69. The number of thiophene rings is 1. The Morgan fingerprint density at radius 2 is 2.40 bits per heavy atom. The van der Waals surface area contributed by atoms with Crippen LogP contribution in [0.1, 0.15) is 38.2 Å². The van der Waals surface area contributed by atoms with E-state index in [9.17, 15) is 0 Å². The predicted molar refractivity (Wildman–Crippen MR) is 67.4 cm³/mol. The largest absolute Gasteiger partial charge is 0.314 e. The second kappa shape index (κ2) is 5.66. The molecule has 1 nitrogen and oxygen atoms in total. The van der Waals surface area contributed by atoms with Gasteiger partial charge in [0.2, 0.25) is 0 Å². The molecule has 0 spiro atoms. The summed E-state index contributed by atoms with van der Waals surface area (Å²) in [6.45, 7) is 3.53. The van der Waals surface area contributed by atoms with Gasteiger partial charge in [-0.15, -0.1) is 0 Å². The van der Waals surface area contributed by atoms with E-state index in [4.69, 9.17) is 0 Å². The molecule has 1 fully saturated rings. The molecule has 1 saturated carbocycles. The fourth-order valence-corrected chi connectivity index (χ4v) is 3.18. The van der Waals surface area contributed by atoms with E-state index in [-0.39, 0.29) is 0 Å². The van der Waals surface area contributed by atoms with Crippen LogP contribution >= 0.6 is 11.3 Å². The molecular formula is C13H21NS. The summed E-state index contributed by atoms with van der Waals surface area (Å²) in [5, 5.41) is 8.11. The minimum atomic E-state index is 0.785. The van der Waals surface area contributed by atoms with E-state index in [0.717, 1.165) is 18.5 Å². The molecule has 0 aliphatic heterocycles. The van der Waals surface area contributed by atoms with E-state index in [1.807, 2.05) is 0 Å². The van der Waals surface area contributed by atoms with Crippen LogP contribution < -0.4 is 5.32 Å². The average molecular weight is 223 g/mol. The van der Waals surface area contributed by atoms with Gasteiger partial charge in [-0.1, -0.05) is 19.8 Å². The fourth-order valence-electron chi connectivity index (χ4n) is 2.48. The fraction of sp³-hybridized carbons (Fsp3) is 0.692. The smallest absolute Gasteiger partial charge is 0.00697 e. The first kappa shape index (κ1) is 11.2. The van der Waals surface area contributed by atoms with Crippen LogP contribution in [0.3, 0.4) is 0 Å². The Bertz CT molecular complexity index is 268. The first-order chi connectivity index (χ1) is 7.34. The molecule has 0 amide bonds. The van der Waals surface area contributed by atoms with Crippen molar-refractivity contribution in [2.45, 2.75) is 45.1 Å². The van der Waals surface area contributed by atoms with Crippen LogP contribution in [-0.4, -0.2) is 12.6 Å². The normalized spacial score (nSPS) is 26.7. The summed E-state index contributed by atoms with van der Waals surface area (Å²) in [5.74, 6) is 0.928. The van der Waals surface area contributed by atoms with Gasteiger partial charge in [-0.2, -0.15) is 11.3 Å². The van der Waals surface area contributed by atoms with Crippen molar-refractivity contribution >= 4 is 11.3 Å². The quantitative estimate of drug-likeness (QED) is 0.824. The third kappa shape index (κ3) is 3.62. The molecule has 1 aromatic heterocycles. The minimum Gasteiger partial charge on any atom is -0.314 e. The number of rotatable bonds is 4. The topological polar surface area (TPSA) is 12.0 Å². The van der Waals surface area contributed by atoms with Gasteiger partial charge in [0.25, 0.3) is 0 Å². The molecule has 1 aromatic rings. The summed E-state index contributed by atoms with van der Waals surface area (Å²) in [6.07, 6.45) is 6.80. The van der Waals surface area contributed by atoms with Gasteiger partial charge >= 0.3 is 0 Å². The molecular weight excluding hydrogens is 202 g/mol. The molecule has 1 heterocycles. The van der Waals surface area contributed by atoms with Crippen LogP contribution in [0.4, 0.5) is 0 Å². The molecule has 1 aliphatic rings. The summed E-state index contributed by atoms with van der Waals surface area (Å²) in [6, 6.07) is 3.02. The lowest BCUT2D eigenvalue weighted by atomic mass is 9.87. The first-order valence-corrected chi connectivity index (χ1v) is 7.03. The molecule has 1 aliphatic carbocycles. The SMILES string of the molecule is CC1CCCC(NCCc2ccsc2)C1. The Kier molecular flexibility index (Phi) is 4.21. The van der Waals surface area contributed by atoms with E-state index in [1.54, 1.807) is 11.3 Å². The van der Waals surface area contributed by atoms with Gasteiger partial charge in [0, 0.05) is 6.04 Å². The van der Waals surface area contributed by atoms with Crippen molar-refractivity contribution in [1.82, 2.24) is 5.32 Å². The lowest BCUT2D eigenvalue weighted by Gasteiger charge is -2.27. The number of nitrogens with one attached hydrogen (secondary N) is 1. The Balaban J connectivity index is 1.65. The van der Waals surface area contributed by atoms with Gasteiger partial charge < -0.3 is 5.32 Å². The van der Waals surface area contributed by atoms with E-state index in [2.05, 4.69) is 29.1 Å². The lowest BCUT2D eigenvalue weighted by Crippen LogP contribution is -2.34. The van der Waals surface area contributed by atoms with Gasteiger partial charge in [0.05, 0.1) is 0 Å². The summed E-state index contributed by atoms with van der Waals surface area (Å²) in [5.41, 5.74) is 1.48. The van der Waals surface area contributed by atoms with Crippen LogP contribution in [-0.2, 0) is 6.42 Å². The molecule has 15 heavy (non-hydrogen) atoms. The molecule has 0 bridgehead atoms. The zero-order valence-corrected chi connectivity index (χ0v) is 10.4. The monoisotopic (exact) mass is 223 g/mol. The molecule has 0 saturated heterocycles. The van der Waals surface area contributed by atoms with Crippen molar-refractivity contribution in [3.8, 4) is 0 Å². The van der Waals surface area contributed by atoms with Crippen LogP contribution in [0.2, 0.25) is 0 Å². The minimum absolute atomic E-state index is 0.785. The van der Waals surface area contributed by atoms with E-state index >= 15 is 0 Å². The second-order valence-corrected chi connectivity index (χ2v) is 5.58. The summed E-state index contributed by atoms with van der Waals surface area (Å²) in [4.78, 5) is 0. The van der Waals surface area contributed by atoms with Gasteiger partial charge in [0.15, 0.2) is 0 Å². The molecule has 2 heteroatoms. The molecule has 2 rings (SSSR count). The van der Waals surface area contributed by atoms with Crippen LogP contribution in [0.25, 0.3) is 0 Å². The maximum absolute atomic E-state index is 3.69. The average Bonchev–Trinajstić information content (AvgIpc) is 2.71.